The molecule has 0 aliphatic rings. The molecule has 0 radical (unpaired) electrons. The molecular weight excluding hydrogens is 324 g/mol. The third kappa shape index (κ3) is 17.1. The van der Waals surface area contributed by atoms with Crippen LogP contribution in [0.4, 0.5) is 0 Å². The third-order valence-corrected chi connectivity index (χ3v) is 6.97. The Bertz CT molecular complexity index is 294. The molecule has 0 aliphatic carbocycles. The molecule has 0 aliphatic heterocycles. The van der Waals surface area contributed by atoms with E-state index in [9.17, 15) is 0 Å². The quantitative estimate of drug-likeness (QED) is 0.172. The summed E-state index contributed by atoms with van der Waals surface area (Å²) in [5, 5.41) is 0. The van der Waals surface area contributed by atoms with Crippen LogP contribution in [-0.4, -0.2) is 21.8 Å². The van der Waals surface area contributed by atoms with Gasteiger partial charge in [-0.25, -0.2) is 0 Å². The van der Waals surface area contributed by atoms with Gasteiger partial charge in [0.1, 0.15) is 0 Å². The first-order valence-electron chi connectivity index (χ1n) is 11.0. The van der Waals surface area contributed by atoms with Crippen LogP contribution in [0.3, 0.4) is 0 Å². The van der Waals surface area contributed by atoms with E-state index in [4.69, 9.17) is 8.85 Å². The Balaban J connectivity index is 3.36. The fourth-order valence-corrected chi connectivity index (χ4v) is 4.42. The minimum atomic E-state index is -2.13. The van der Waals surface area contributed by atoms with Crippen molar-refractivity contribution < 1.29 is 8.85 Å². The van der Waals surface area contributed by atoms with Gasteiger partial charge < -0.3 is 8.85 Å². The van der Waals surface area contributed by atoms with E-state index in [1.807, 2.05) is 5.70 Å². The maximum atomic E-state index is 6.03. The van der Waals surface area contributed by atoms with Crippen LogP contribution in [0, 0.1) is 5.92 Å². The Kier molecular flexibility index (Phi) is 17.2. The Morgan fingerprint density at radius 3 is 1.60 bits per heavy atom. The Morgan fingerprint density at radius 1 is 0.760 bits per heavy atom. The van der Waals surface area contributed by atoms with Crippen LogP contribution < -0.4 is 0 Å². The van der Waals surface area contributed by atoms with E-state index in [0.717, 1.165) is 19.6 Å². The second kappa shape index (κ2) is 17.3. The first-order valence-corrected chi connectivity index (χ1v) is 13.3. The highest BCUT2D eigenvalue weighted by Crippen LogP contribution is 2.14. The molecule has 0 rings (SSSR count). The SMILES string of the molecule is C=C[Si](C)(OCCCCCCCCCCCCCCC)OCC(C)C. The summed E-state index contributed by atoms with van der Waals surface area (Å²) >= 11 is 0. The lowest BCUT2D eigenvalue weighted by atomic mass is 10.0. The highest BCUT2D eigenvalue weighted by Gasteiger charge is 2.27. The fourth-order valence-electron chi connectivity index (χ4n) is 2.89. The largest absolute Gasteiger partial charge is 0.391 e. The number of rotatable bonds is 19. The summed E-state index contributed by atoms with van der Waals surface area (Å²) in [6.45, 7) is 14.2. The van der Waals surface area contributed by atoms with Gasteiger partial charge in [0, 0.05) is 13.2 Å². The molecule has 25 heavy (non-hydrogen) atoms. The highest BCUT2D eigenvalue weighted by molar-refractivity contribution is 6.71. The van der Waals surface area contributed by atoms with Gasteiger partial charge in [-0.1, -0.05) is 97.8 Å². The highest BCUT2D eigenvalue weighted by atomic mass is 28.4. The van der Waals surface area contributed by atoms with Gasteiger partial charge in [0.2, 0.25) is 0 Å². The number of hydrogen-bond donors (Lipinski definition) is 0. The van der Waals surface area contributed by atoms with E-state index < -0.39 is 8.56 Å². The van der Waals surface area contributed by atoms with E-state index in [2.05, 4.69) is 33.9 Å². The molecule has 0 N–H and O–H groups in total. The summed E-state index contributed by atoms with van der Waals surface area (Å²) in [6.07, 6.45) is 18.0. The lowest BCUT2D eigenvalue weighted by molar-refractivity contribution is 0.164. The average Bonchev–Trinajstić information content (AvgIpc) is 2.60. The molecule has 3 heteroatoms. The minimum absolute atomic E-state index is 0.548. The monoisotopic (exact) mass is 370 g/mol. The minimum Gasteiger partial charge on any atom is -0.391 e. The van der Waals surface area contributed by atoms with Gasteiger partial charge in [0.05, 0.1) is 0 Å². The average molecular weight is 371 g/mol. The Hall–Kier alpha value is -0.123. The van der Waals surface area contributed by atoms with Crippen molar-refractivity contribution in [3.63, 3.8) is 0 Å². The van der Waals surface area contributed by atoms with Crippen LogP contribution in [0.15, 0.2) is 12.3 Å². The molecule has 0 saturated heterocycles. The third-order valence-electron chi connectivity index (χ3n) is 4.71. The van der Waals surface area contributed by atoms with Crippen molar-refractivity contribution in [1.82, 2.24) is 0 Å². The van der Waals surface area contributed by atoms with E-state index in [1.165, 1.54) is 77.0 Å². The van der Waals surface area contributed by atoms with Crippen LogP contribution in [0.1, 0.15) is 104 Å². The van der Waals surface area contributed by atoms with Crippen LogP contribution in [0.25, 0.3) is 0 Å². The molecule has 0 amide bonds. The van der Waals surface area contributed by atoms with Gasteiger partial charge in [0.25, 0.3) is 0 Å². The standard InChI is InChI=1S/C22H46O2Si/c1-6-8-9-10-11-12-13-14-15-16-17-18-19-20-23-25(5,7-2)24-21-22(3)4/h7,22H,2,6,8-21H2,1,3-5H3. The van der Waals surface area contributed by atoms with Crippen LogP contribution in [0.2, 0.25) is 6.55 Å². The zero-order valence-corrected chi connectivity index (χ0v) is 18.8. The molecule has 0 aromatic carbocycles. The van der Waals surface area contributed by atoms with E-state index in [1.54, 1.807) is 0 Å². The van der Waals surface area contributed by atoms with Gasteiger partial charge in [-0.2, -0.15) is 0 Å². The van der Waals surface area contributed by atoms with Gasteiger partial charge in [-0.3, -0.25) is 0 Å². The van der Waals surface area contributed by atoms with Crippen LogP contribution >= 0.6 is 0 Å². The van der Waals surface area contributed by atoms with Gasteiger partial charge in [-0.15, -0.1) is 6.58 Å². The Morgan fingerprint density at radius 2 is 1.20 bits per heavy atom. The van der Waals surface area contributed by atoms with Crippen molar-refractivity contribution in [2.45, 2.75) is 111 Å². The van der Waals surface area contributed by atoms with E-state index >= 15 is 0 Å². The second-order valence-electron chi connectivity index (χ2n) is 8.02. The van der Waals surface area contributed by atoms with Crippen molar-refractivity contribution in [2.75, 3.05) is 13.2 Å². The molecule has 2 nitrogen and oxygen atoms in total. The molecule has 0 spiro atoms. The summed E-state index contributed by atoms with van der Waals surface area (Å²) < 4.78 is 12.0. The maximum Gasteiger partial charge on any atom is 0.361 e. The molecule has 0 aromatic rings. The summed E-state index contributed by atoms with van der Waals surface area (Å²) in [5.41, 5.74) is 1.91. The molecular formula is C22H46O2Si. The summed E-state index contributed by atoms with van der Waals surface area (Å²) in [6, 6.07) is 0. The lowest BCUT2D eigenvalue weighted by Crippen LogP contribution is -2.38. The van der Waals surface area contributed by atoms with Crippen molar-refractivity contribution in [1.29, 1.82) is 0 Å². The molecule has 1 unspecified atom stereocenters. The second-order valence-corrected chi connectivity index (χ2v) is 11.0. The summed E-state index contributed by atoms with van der Waals surface area (Å²) in [4.78, 5) is 0. The Labute approximate surface area is 160 Å². The predicted octanol–water partition coefficient (Wildman–Crippen LogP) is 7.56. The fraction of sp³-hybridized carbons (Fsp3) is 0.909. The lowest BCUT2D eigenvalue weighted by Gasteiger charge is -2.24. The topological polar surface area (TPSA) is 18.5 Å². The molecule has 0 fully saturated rings. The van der Waals surface area contributed by atoms with E-state index in [0.29, 0.717) is 5.92 Å². The molecule has 150 valence electrons. The van der Waals surface area contributed by atoms with Crippen molar-refractivity contribution >= 4 is 8.56 Å². The molecule has 0 saturated carbocycles. The zero-order chi connectivity index (χ0) is 18.8. The van der Waals surface area contributed by atoms with Crippen molar-refractivity contribution in [2.24, 2.45) is 5.92 Å². The van der Waals surface area contributed by atoms with Crippen LogP contribution in [-0.2, 0) is 8.85 Å². The van der Waals surface area contributed by atoms with Gasteiger partial charge in [-0.05, 0) is 24.6 Å². The molecule has 0 bridgehead atoms. The first-order chi connectivity index (χ1) is 12.0. The molecule has 1 atom stereocenters. The van der Waals surface area contributed by atoms with Gasteiger partial charge in [0.15, 0.2) is 0 Å². The summed E-state index contributed by atoms with van der Waals surface area (Å²) in [7, 11) is -2.13. The first kappa shape index (κ1) is 24.9. The number of hydrogen-bond acceptors (Lipinski definition) is 2. The van der Waals surface area contributed by atoms with Crippen molar-refractivity contribution in [3.8, 4) is 0 Å². The number of unbranched alkanes of at least 4 members (excludes halogenated alkanes) is 12. The van der Waals surface area contributed by atoms with Gasteiger partial charge >= 0.3 is 8.56 Å². The smallest absolute Gasteiger partial charge is 0.361 e. The van der Waals surface area contributed by atoms with Crippen molar-refractivity contribution in [3.05, 3.63) is 12.3 Å². The summed E-state index contributed by atoms with van der Waals surface area (Å²) in [5.74, 6) is 0.548. The predicted molar refractivity (Wildman–Crippen MR) is 114 cm³/mol. The van der Waals surface area contributed by atoms with Crippen LogP contribution in [0.5, 0.6) is 0 Å². The molecule has 0 aromatic heterocycles. The maximum absolute atomic E-state index is 6.03. The van der Waals surface area contributed by atoms with E-state index in [-0.39, 0.29) is 0 Å². The molecule has 0 heterocycles. The zero-order valence-electron chi connectivity index (χ0n) is 17.8. The normalized spacial score (nSPS) is 14.0.